The molecular weight excluding hydrogens is 342 g/mol. The maximum atomic E-state index is 12.6. The van der Waals surface area contributed by atoms with Gasteiger partial charge in [-0.25, -0.2) is 0 Å². The Morgan fingerprint density at radius 1 is 1.15 bits per heavy atom. The highest BCUT2D eigenvalue weighted by Gasteiger charge is 2.17. The maximum Gasteiger partial charge on any atom is 0.257 e. The van der Waals surface area contributed by atoms with Crippen molar-refractivity contribution in [1.82, 2.24) is 9.88 Å². The fraction of sp³-hybridized carbons (Fsp3) is 0.238. The molecule has 0 atom stereocenters. The predicted molar refractivity (Wildman–Crippen MR) is 106 cm³/mol. The number of H-pyrrole nitrogens is 1. The van der Waals surface area contributed by atoms with Gasteiger partial charge in [-0.1, -0.05) is 18.2 Å². The number of methoxy groups -OCH3 is 1. The number of fused-ring (bicyclic) bond motifs is 1. The highest BCUT2D eigenvalue weighted by Crippen LogP contribution is 2.25. The van der Waals surface area contributed by atoms with Crippen molar-refractivity contribution in [3.63, 3.8) is 0 Å². The highest BCUT2D eigenvalue weighted by molar-refractivity contribution is 6.00. The summed E-state index contributed by atoms with van der Waals surface area (Å²) in [6, 6.07) is 13.0. The number of benzene rings is 2. The lowest BCUT2D eigenvalue weighted by Gasteiger charge is -2.15. The molecule has 0 fully saturated rings. The van der Waals surface area contributed by atoms with Crippen molar-refractivity contribution in [3.8, 4) is 5.75 Å². The first-order valence-corrected chi connectivity index (χ1v) is 8.66. The fourth-order valence-electron chi connectivity index (χ4n) is 3.12. The lowest BCUT2D eigenvalue weighted by Crippen LogP contribution is -2.23. The van der Waals surface area contributed by atoms with Gasteiger partial charge in [-0.2, -0.15) is 0 Å². The number of carbonyl (C=O) groups is 2. The number of nitrogens with one attached hydrogen (secondary N) is 2. The molecule has 3 aromatic rings. The summed E-state index contributed by atoms with van der Waals surface area (Å²) in [4.78, 5) is 29.7. The summed E-state index contributed by atoms with van der Waals surface area (Å²) in [5, 5.41) is 3.92. The van der Waals surface area contributed by atoms with E-state index in [-0.39, 0.29) is 18.2 Å². The van der Waals surface area contributed by atoms with Gasteiger partial charge in [0.1, 0.15) is 5.75 Å². The van der Waals surface area contributed by atoms with Gasteiger partial charge in [0.15, 0.2) is 0 Å². The Bertz CT molecular complexity index is 1010. The number of aromatic nitrogens is 1. The van der Waals surface area contributed by atoms with Gasteiger partial charge in [0.25, 0.3) is 5.91 Å². The normalized spacial score (nSPS) is 10.7. The van der Waals surface area contributed by atoms with Crippen molar-refractivity contribution >= 4 is 28.4 Å². The molecule has 140 valence electrons. The van der Waals surface area contributed by atoms with Crippen LogP contribution in [0.4, 0.5) is 5.69 Å². The van der Waals surface area contributed by atoms with Gasteiger partial charge in [0.2, 0.25) is 5.91 Å². The summed E-state index contributed by atoms with van der Waals surface area (Å²) >= 11 is 0. The first kappa shape index (κ1) is 18.5. The van der Waals surface area contributed by atoms with E-state index >= 15 is 0 Å². The number of rotatable bonds is 5. The highest BCUT2D eigenvalue weighted by atomic mass is 16.5. The molecule has 0 spiro atoms. The van der Waals surface area contributed by atoms with Gasteiger partial charge in [0, 0.05) is 36.4 Å². The van der Waals surface area contributed by atoms with Crippen molar-refractivity contribution in [2.24, 2.45) is 0 Å². The Labute approximate surface area is 158 Å². The Hall–Kier alpha value is -3.28. The van der Waals surface area contributed by atoms with Crippen molar-refractivity contribution in [1.29, 1.82) is 0 Å². The van der Waals surface area contributed by atoms with Gasteiger partial charge < -0.3 is 19.9 Å². The lowest BCUT2D eigenvalue weighted by molar-refractivity contribution is -0.115. The molecule has 2 aromatic carbocycles. The number of nitrogens with zero attached hydrogens (tertiary/aromatic N) is 1. The molecule has 6 nitrogen and oxygen atoms in total. The van der Waals surface area contributed by atoms with Crippen LogP contribution >= 0.6 is 0 Å². The van der Waals surface area contributed by atoms with Crippen LogP contribution in [0.1, 0.15) is 21.6 Å². The Kier molecular flexibility index (Phi) is 5.16. The standard InChI is InChI=1S/C21H23N3O3/c1-13-16(15-7-5-6-8-18(15)22-13)12-20(25)23-14-9-10-19(27-4)17(11-14)21(26)24(2)3/h5-11,22H,12H2,1-4H3,(H,23,25). The first-order valence-electron chi connectivity index (χ1n) is 8.66. The molecule has 0 aliphatic heterocycles. The monoisotopic (exact) mass is 365 g/mol. The minimum Gasteiger partial charge on any atom is -0.496 e. The average molecular weight is 365 g/mol. The van der Waals surface area contributed by atoms with Crippen molar-refractivity contribution < 1.29 is 14.3 Å². The fourth-order valence-corrected chi connectivity index (χ4v) is 3.12. The number of amides is 2. The molecule has 0 aliphatic rings. The molecule has 6 heteroatoms. The summed E-state index contributed by atoms with van der Waals surface area (Å²) < 4.78 is 5.26. The summed E-state index contributed by atoms with van der Waals surface area (Å²) in [6.45, 7) is 1.96. The zero-order valence-corrected chi connectivity index (χ0v) is 15.9. The zero-order valence-electron chi connectivity index (χ0n) is 15.9. The van der Waals surface area contributed by atoms with Gasteiger partial charge in [-0.3, -0.25) is 9.59 Å². The van der Waals surface area contributed by atoms with E-state index in [2.05, 4.69) is 10.3 Å². The number of para-hydroxylation sites is 1. The molecule has 1 heterocycles. The molecule has 0 aliphatic carbocycles. The molecular formula is C21H23N3O3. The minimum absolute atomic E-state index is 0.142. The van der Waals surface area contributed by atoms with Crippen LogP contribution in [-0.2, 0) is 11.2 Å². The molecule has 0 saturated heterocycles. The van der Waals surface area contributed by atoms with Gasteiger partial charge >= 0.3 is 0 Å². The third-order valence-electron chi connectivity index (χ3n) is 4.48. The van der Waals surface area contributed by atoms with Crippen molar-refractivity contribution in [2.75, 3.05) is 26.5 Å². The third kappa shape index (κ3) is 3.79. The first-order chi connectivity index (χ1) is 12.9. The number of hydrogen-bond acceptors (Lipinski definition) is 3. The second kappa shape index (κ2) is 7.53. The second-order valence-electron chi connectivity index (χ2n) is 6.61. The summed E-state index contributed by atoms with van der Waals surface area (Å²) in [7, 11) is 4.86. The number of aryl methyl sites for hydroxylation is 1. The number of anilines is 1. The van der Waals surface area contributed by atoms with Crippen molar-refractivity contribution in [3.05, 3.63) is 59.3 Å². The van der Waals surface area contributed by atoms with Gasteiger partial charge in [-0.05, 0) is 36.8 Å². The topological polar surface area (TPSA) is 74.4 Å². The van der Waals surface area contributed by atoms with E-state index in [0.717, 1.165) is 22.2 Å². The van der Waals surface area contributed by atoms with Crippen LogP contribution in [0.5, 0.6) is 5.75 Å². The molecule has 27 heavy (non-hydrogen) atoms. The van der Waals surface area contributed by atoms with Crippen LogP contribution in [0.25, 0.3) is 10.9 Å². The molecule has 0 bridgehead atoms. The lowest BCUT2D eigenvalue weighted by atomic mass is 10.1. The van der Waals surface area contributed by atoms with Crippen LogP contribution in [0.15, 0.2) is 42.5 Å². The van der Waals surface area contributed by atoms with E-state index in [1.54, 1.807) is 32.3 Å². The zero-order chi connectivity index (χ0) is 19.6. The molecule has 0 saturated carbocycles. The van der Waals surface area contributed by atoms with Gasteiger partial charge in [0.05, 0.1) is 19.1 Å². The van der Waals surface area contributed by atoms with E-state index in [4.69, 9.17) is 4.74 Å². The van der Waals surface area contributed by atoms with E-state index in [1.165, 1.54) is 12.0 Å². The van der Waals surface area contributed by atoms with E-state index in [0.29, 0.717) is 17.0 Å². The van der Waals surface area contributed by atoms with E-state index < -0.39 is 0 Å². The van der Waals surface area contributed by atoms with Crippen LogP contribution in [0.2, 0.25) is 0 Å². The molecule has 3 rings (SSSR count). The Morgan fingerprint density at radius 2 is 1.89 bits per heavy atom. The summed E-state index contributed by atoms with van der Waals surface area (Å²) in [6.07, 6.45) is 0.249. The van der Waals surface area contributed by atoms with Crippen LogP contribution < -0.4 is 10.1 Å². The Balaban J connectivity index is 1.82. The molecule has 2 amide bonds. The van der Waals surface area contributed by atoms with E-state index in [9.17, 15) is 9.59 Å². The quantitative estimate of drug-likeness (QED) is 0.728. The summed E-state index contributed by atoms with van der Waals surface area (Å²) in [5.41, 5.74) is 3.93. The molecule has 1 aromatic heterocycles. The third-order valence-corrected chi connectivity index (χ3v) is 4.48. The number of hydrogen-bond donors (Lipinski definition) is 2. The second-order valence-corrected chi connectivity index (χ2v) is 6.61. The molecule has 0 radical (unpaired) electrons. The number of ether oxygens (including phenoxy) is 1. The predicted octanol–water partition coefficient (Wildman–Crippen LogP) is 3.37. The van der Waals surface area contributed by atoms with E-state index in [1.807, 2.05) is 31.2 Å². The molecule has 0 unspecified atom stereocenters. The van der Waals surface area contributed by atoms with Gasteiger partial charge in [-0.15, -0.1) is 0 Å². The Morgan fingerprint density at radius 3 is 2.59 bits per heavy atom. The van der Waals surface area contributed by atoms with Crippen molar-refractivity contribution in [2.45, 2.75) is 13.3 Å². The minimum atomic E-state index is -0.185. The van der Waals surface area contributed by atoms with Crippen LogP contribution in [-0.4, -0.2) is 42.9 Å². The maximum absolute atomic E-state index is 12.6. The smallest absolute Gasteiger partial charge is 0.257 e. The van der Waals surface area contributed by atoms with Crippen LogP contribution in [0, 0.1) is 6.92 Å². The number of carbonyl (C=O) groups excluding carboxylic acids is 2. The SMILES string of the molecule is COc1ccc(NC(=O)Cc2c(C)[nH]c3ccccc23)cc1C(=O)N(C)C. The number of aromatic amines is 1. The average Bonchev–Trinajstić information content (AvgIpc) is 2.96. The molecule has 2 N–H and O–H groups in total. The van der Waals surface area contributed by atoms with Crippen LogP contribution in [0.3, 0.4) is 0 Å². The summed E-state index contributed by atoms with van der Waals surface area (Å²) in [5.74, 6) is 0.144. The largest absolute Gasteiger partial charge is 0.496 e.